The fraction of sp³-hybridized carbons (Fsp3) is 0.222. The highest BCUT2D eigenvalue weighted by molar-refractivity contribution is 9.10. The molecule has 0 amide bonds. The number of rotatable bonds is 3. The Bertz CT molecular complexity index is 398. The number of nitrogen functional groups attached to an aromatic ring is 1. The molecule has 0 spiro atoms. The predicted octanol–water partition coefficient (Wildman–Crippen LogP) is 1.69. The summed E-state index contributed by atoms with van der Waals surface area (Å²) in [6.07, 6.45) is 0. The Morgan fingerprint density at radius 3 is 2.80 bits per heavy atom. The van der Waals surface area contributed by atoms with E-state index in [0.717, 1.165) is 6.07 Å². The van der Waals surface area contributed by atoms with E-state index >= 15 is 0 Å². The first-order chi connectivity index (χ1) is 6.91. The molecule has 0 fully saturated rings. The highest BCUT2D eigenvalue weighted by Gasteiger charge is 2.11. The minimum atomic E-state index is -0.975. The molecule has 0 radical (unpaired) electrons. The molecule has 0 aliphatic carbocycles. The minimum Gasteiger partial charge on any atom is -0.480 e. The molecule has 0 aromatic heterocycles. The molecule has 0 saturated carbocycles. The minimum absolute atomic E-state index is 0.192. The third kappa shape index (κ3) is 2.82. The van der Waals surface area contributed by atoms with E-state index in [1.807, 2.05) is 0 Å². The normalized spacial score (nSPS) is 10.1. The van der Waals surface area contributed by atoms with E-state index in [0.29, 0.717) is 5.69 Å². The first-order valence-electron chi connectivity index (χ1n) is 4.09. The number of carbonyl (C=O) groups is 1. The molecule has 3 N–H and O–H groups in total. The summed E-state index contributed by atoms with van der Waals surface area (Å²) in [7, 11) is 1.57. The van der Waals surface area contributed by atoms with Crippen molar-refractivity contribution in [1.29, 1.82) is 0 Å². The smallest absolute Gasteiger partial charge is 0.323 e. The van der Waals surface area contributed by atoms with Crippen LogP contribution in [0.15, 0.2) is 16.6 Å². The molecule has 4 nitrogen and oxygen atoms in total. The Morgan fingerprint density at radius 2 is 2.27 bits per heavy atom. The van der Waals surface area contributed by atoms with Crippen LogP contribution in [-0.4, -0.2) is 24.7 Å². The van der Waals surface area contributed by atoms with Gasteiger partial charge >= 0.3 is 5.97 Å². The number of benzene rings is 1. The van der Waals surface area contributed by atoms with E-state index in [1.54, 1.807) is 7.05 Å². The average molecular weight is 277 g/mol. The number of aliphatic carboxylic acids is 1. The van der Waals surface area contributed by atoms with Crippen LogP contribution >= 0.6 is 15.9 Å². The Morgan fingerprint density at radius 1 is 1.67 bits per heavy atom. The molecule has 0 aliphatic heterocycles. The molecule has 6 heteroatoms. The summed E-state index contributed by atoms with van der Waals surface area (Å²) in [6, 6.07) is 2.60. The maximum Gasteiger partial charge on any atom is 0.323 e. The molecule has 1 rings (SSSR count). The first-order valence-corrected chi connectivity index (χ1v) is 4.88. The second-order valence-corrected chi connectivity index (χ2v) is 3.93. The molecule has 0 saturated heterocycles. The van der Waals surface area contributed by atoms with Gasteiger partial charge in [-0.1, -0.05) is 0 Å². The van der Waals surface area contributed by atoms with Gasteiger partial charge in [0.05, 0.1) is 15.8 Å². The van der Waals surface area contributed by atoms with E-state index in [9.17, 15) is 9.18 Å². The van der Waals surface area contributed by atoms with Crippen LogP contribution < -0.4 is 10.6 Å². The van der Waals surface area contributed by atoms with Gasteiger partial charge in [-0.25, -0.2) is 4.39 Å². The SMILES string of the molecule is CN(CC(=O)O)c1cc(Br)c(F)cc1N. The maximum atomic E-state index is 13.0. The maximum absolute atomic E-state index is 13.0. The fourth-order valence-electron chi connectivity index (χ4n) is 1.17. The second kappa shape index (κ2) is 4.48. The van der Waals surface area contributed by atoms with Crippen molar-refractivity contribution >= 4 is 33.3 Å². The predicted molar refractivity (Wildman–Crippen MR) is 59.4 cm³/mol. The van der Waals surface area contributed by atoms with Gasteiger partial charge in [0, 0.05) is 13.1 Å². The standard InChI is InChI=1S/C9H10BrFN2O2/c1-13(4-9(14)15)8-2-5(10)6(11)3-7(8)12/h2-3H,4,12H2,1H3,(H,14,15). The van der Waals surface area contributed by atoms with Gasteiger partial charge in [0.1, 0.15) is 12.4 Å². The summed E-state index contributed by atoms with van der Waals surface area (Å²) in [5, 5.41) is 8.59. The number of hydrogen-bond donors (Lipinski definition) is 2. The van der Waals surface area contributed by atoms with Crippen LogP contribution in [0.1, 0.15) is 0 Å². The Hall–Kier alpha value is -1.30. The lowest BCUT2D eigenvalue weighted by atomic mass is 10.2. The first kappa shape index (κ1) is 11.8. The van der Waals surface area contributed by atoms with E-state index in [-0.39, 0.29) is 16.7 Å². The van der Waals surface area contributed by atoms with Gasteiger partial charge in [0.2, 0.25) is 0 Å². The van der Waals surface area contributed by atoms with Crippen LogP contribution in [0.3, 0.4) is 0 Å². The van der Waals surface area contributed by atoms with Crippen LogP contribution in [0.25, 0.3) is 0 Å². The van der Waals surface area contributed by atoms with Crippen molar-refractivity contribution in [2.45, 2.75) is 0 Å². The van der Waals surface area contributed by atoms with E-state index < -0.39 is 11.8 Å². The van der Waals surface area contributed by atoms with Crippen molar-refractivity contribution in [2.24, 2.45) is 0 Å². The molecule has 0 atom stereocenters. The van der Waals surface area contributed by atoms with Gasteiger partial charge in [-0.3, -0.25) is 4.79 Å². The Kier molecular flexibility index (Phi) is 3.52. The van der Waals surface area contributed by atoms with Crippen molar-refractivity contribution in [3.63, 3.8) is 0 Å². The number of carboxylic acids is 1. The topological polar surface area (TPSA) is 66.6 Å². The third-order valence-corrected chi connectivity index (χ3v) is 2.46. The van der Waals surface area contributed by atoms with E-state index in [1.165, 1.54) is 11.0 Å². The van der Waals surface area contributed by atoms with Gasteiger partial charge in [0.15, 0.2) is 0 Å². The van der Waals surface area contributed by atoms with Crippen LogP contribution in [0.5, 0.6) is 0 Å². The molecule has 0 unspecified atom stereocenters. The number of anilines is 2. The molecule has 0 heterocycles. The number of nitrogens with zero attached hydrogens (tertiary/aromatic N) is 1. The van der Waals surface area contributed by atoms with Gasteiger partial charge in [-0.2, -0.15) is 0 Å². The Labute approximate surface area is 94.6 Å². The summed E-state index contributed by atoms with van der Waals surface area (Å²) >= 11 is 3.01. The van der Waals surface area contributed by atoms with Gasteiger partial charge in [-0.05, 0) is 22.0 Å². The molecule has 15 heavy (non-hydrogen) atoms. The van der Waals surface area contributed by atoms with Gasteiger partial charge in [0.25, 0.3) is 0 Å². The molecule has 0 aliphatic rings. The quantitative estimate of drug-likeness (QED) is 0.825. The average Bonchev–Trinajstić information content (AvgIpc) is 2.09. The summed E-state index contributed by atoms with van der Waals surface area (Å²) in [6.45, 7) is -0.192. The Balaban J connectivity index is 3.03. The molecule has 82 valence electrons. The highest BCUT2D eigenvalue weighted by atomic mass is 79.9. The van der Waals surface area contributed by atoms with E-state index in [2.05, 4.69) is 15.9 Å². The lowest BCUT2D eigenvalue weighted by molar-refractivity contribution is -0.135. The van der Waals surface area contributed by atoms with Crippen molar-refractivity contribution < 1.29 is 14.3 Å². The van der Waals surface area contributed by atoms with Crippen LogP contribution in [0.4, 0.5) is 15.8 Å². The third-order valence-electron chi connectivity index (χ3n) is 1.85. The van der Waals surface area contributed by atoms with Crippen molar-refractivity contribution in [3.05, 3.63) is 22.4 Å². The lowest BCUT2D eigenvalue weighted by Gasteiger charge is -2.19. The number of hydrogen-bond acceptors (Lipinski definition) is 3. The molecule has 1 aromatic rings. The largest absolute Gasteiger partial charge is 0.480 e. The van der Waals surface area contributed by atoms with Crippen molar-refractivity contribution in [3.8, 4) is 0 Å². The summed E-state index contributed by atoms with van der Waals surface area (Å²) < 4.78 is 13.3. The molecule has 0 bridgehead atoms. The van der Waals surface area contributed by atoms with E-state index in [4.69, 9.17) is 10.8 Å². The summed E-state index contributed by atoms with van der Waals surface area (Å²) in [4.78, 5) is 11.9. The highest BCUT2D eigenvalue weighted by Crippen LogP contribution is 2.28. The van der Waals surface area contributed by atoms with Crippen LogP contribution in [-0.2, 0) is 4.79 Å². The molecular weight excluding hydrogens is 267 g/mol. The lowest BCUT2D eigenvalue weighted by Crippen LogP contribution is -2.25. The summed E-state index contributed by atoms with van der Waals surface area (Å²) in [5.41, 5.74) is 6.26. The van der Waals surface area contributed by atoms with Crippen molar-refractivity contribution in [2.75, 3.05) is 24.2 Å². The molecule has 1 aromatic carbocycles. The zero-order valence-electron chi connectivity index (χ0n) is 8.00. The number of likely N-dealkylation sites (N-methyl/N-ethyl adjacent to an activating group) is 1. The number of nitrogens with two attached hydrogens (primary N) is 1. The van der Waals surface area contributed by atoms with Crippen molar-refractivity contribution in [1.82, 2.24) is 0 Å². The van der Waals surface area contributed by atoms with Crippen LogP contribution in [0, 0.1) is 5.82 Å². The summed E-state index contributed by atoms with van der Waals surface area (Å²) in [5.74, 6) is -1.45. The monoisotopic (exact) mass is 276 g/mol. The number of halogens is 2. The van der Waals surface area contributed by atoms with Gasteiger partial charge in [-0.15, -0.1) is 0 Å². The second-order valence-electron chi connectivity index (χ2n) is 3.07. The number of carboxylic acid groups (broad SMARTS) is 1. The zero-order chi connectivity index (χ0) is 11.6. The fourth-order valence-corrected chi connectivity index (χ4v) is 1.50. The molecular formula is C9H10BrFN2O2. The van der Waals surface area contributed by atoms with Gasteiger partial charge < -0.3 is 15.7 Å². The van der Waals surface area contributed by atoms with Crippen LogP contribution in [0.2, 0.25) is 0 Å². The zero-order valence-corrected chi connectivity index (χ0v) is 9.58.